The summed E-state index contributed by atoms with van der Waals surface area (Å²) in [6.07, 6.45) is 5.51. The summed E-state index contributed by atoms with van der Waals surface area (Å²) in [4.78, 5) is 14.6. The third-order valence-electron chi connectivity index (χ3n) is 8.17. The third-order valence-corrected chi connectivity index (χ3v) is 8.17. The average Bonchev–Trinajstić information content (AvgIpc) is 3.08. The molecule has 164 valence electrons. The number of nitrogens with zero attached hydrogens (tertiary/aromatic N) is 1. The van der Waals surface area contributed by atoms with E-state index >= 15 is 0 Å². The van der Waals surface area contributed by atoms with Crippen molar-refractivity contribution in [1.82, 2.24) is 4.90 Å². The van der Waals surface area contributed by atoms with Crippen LogP contribution in [0.15, 0.2) is 12.1 Å². The normalized spacial score (nSPS) is 36.1. The predicted molar refractivity (Wildman–Crippen MR) is 112 cm³/mol. The van der Waals surface area contributed by atoms with Crippen molar-refractivity contribution in [3.05, 3.63) is 23.3 Å². The van der Waals surface area contributed by atoms with Gasteiger partial charge in [-0.3, -0.25) is 0 Å². The molecule has 0 unspecified atom stereocenters. The lowest BCUT2D eigenvalue weighted by molar-refractivity contribution is -0.160. The Hall–Kier alpha value is -1.79. The number of piperidine rings is 1. The van der Waals surface area contributed by atoms with Crippen LogP contribution < -0.4 is 9.47 Å². The van der Waals surface area contributed by atoms with Crippen molar-refractivity contribution < 1.29 is 24.1 Å². The highest BCUT2D eigenvalue weighted by atomic mass is 16.7. The van der Waals surface area contributed by atoms with E-state index in [4.69, 9.17) is 14.2 Å². The minimum Gasteiger partial charge on any atom is -0.482 e. The van der Waals surface area contributed by atoms with E-state index in [0.29, 0.717) is 23.5 Å². The van der Waals surface area contributed by atoms with Crippen LogP contribution in [-0.2, 0) is 16.6 Å². The second-order valence-electron chi connectivity index (χ2n) is 9.60. The number of likely N-dealkylation sites (N-methyl/N-ethyl adjacent to an activating group) is 1. The fraction of sp³-hybridized carbons (Fsp3) is 0.708. The maximum absolute atomic E-state index is 12.1. The Bertz CT molecular complexity index is 856. The molecule has 1 saturated heterocycles. The Morgan fingerprint density at radius 3 is 2.93 bits per heavy atom. The molecular weight excluding hydrogens is 382 g/mol. The highest BCUT2D eigenvalue weighted by Gasteiger charge is 2.68. The number of ether oxygens (including phenoxy) is 3. The highest BCUT2D eigenvalue weighted by Crippen LogP contribution is 2.66. The molecular formula is C24H33NO5. The standard InChI is InChI=1S/C24H33NO5/c1-4-6-10-23(27)11-9-16-17-14-15-7-8-18(29-22(26)28-5-2)20-19(15)24(16,21(23)30-20)12-13-25(17)3/h7-8,16-17,21,27H,4-6,9-14H2,1-3H3/t16-,17+,21-,23-,24-/m0/s1. The molecule has 2 fully saturated rings. The molecule has 0 amide bonds. The molecule has 5 rings (SSSR count). The van der Waals surface area contributed by atoms with Gasteiger partial charge in [-0.05, 0) is 70.2 Å². The van der Waals surface area contributed by atoms with Gasteiger partial charge in [-0.15, -0.1) is 0 Å². The van der Waals surface area contributed by atoms with Crippen molar-refractivity contribution in [2.75, 3.05) is 20.2 Å². The third kappa shape index (κ3) is 2.65. The van der Waals surface area contributed by atoms with Gasteiger partial charge in [-0.2, -0.15) is 0 Å². The molecule has 2 aliphatic heterocycles. The number of hydrogen-bond acceptors (Lipinski definition) is 6. The minimum absolute atomic E-state index is 0.200. The number of hydrogen-bond donors (Lipinski definition) is 1. The molecule has 6 nitrogen and oxygen atoms in total. The van der Waals surface area contributed by atoms with Crippen molar-refractivity contribution in [3.63, 3.8) is 0 Å². The first-order chi connectivity index (χ1) is 14.4. The van der Waals surface area contributed by atoms with Gasteiger partial charge in [0.15, 0.2) is 11.5 Å². The van der Waals surface area contributed by atoms with E-state index in [1.165, 1.54) is 11.1 Å². The van der Waals surface area contributed by atoms with Gasteiger partial charge >= 0.3 is 6.16 Å². The number of likely N-dealkylation sites (tertiary alicyclic amines) is 1. The van der Waals surface area contributed by atoms with Crippen molar-refractivity contribution in [1.29, 1.82) is 0 Å². The van der Waals surface area contributed by atoms with Gasteiger partial charge in [0.2, 0.25) is 0 Å². The molecule has 30 heavy (non-hydrogen) atoms. The Morgan fingerprint density at radius 1 is 1.33 bits per heavy atom. The first-order valence-electron chi connectivity index (χ1n) is 11.5. The fourth-order valence-electron chi connectivity index (χ4n) is 6.91. The summed E-state index contributed by atoms with van der Waals surface area (Å²) in [6.45, 7) is 5.17. The van der Waals surface area contributed by atoms with E-state index in [9.17, 15) is 9.90 Å². The van der Waals surface area contributed by atoms with Crippen LogP contribution >= 0.6 is 0 Å². The largest absolute Gasteiger partial charge is 0.513 e. The van der Waals surface area contributed by atoms with E-state index in [2.05, 4.69) is 24.9 Å². The van der Waals surface area contributed by atoms with Gasteiger partial charge in [0.05, 0.1) is 6.61 Å². The van der Waals surface area contributed by atoms with Gasteiger partial charge in [0.25, 0.3) is 0 Å². The molecule has 2 aliphatic carbocycles. The molecule has 1 aromatic rings. The van der Waals surface area contributed by atoms with Crippen LogP contribution in [0.4, 0.5) is 4.79 Å². The van der Waals surface area contributed by atoms with Crippen molar-refractivity contribution >= 4 is 6.16 Å². The van der Waals surface area contributed by atoms with E-state index in [0.717, 1.165) is 51.5 Å². The maximum atomic E-state index is 12.1. The number of aliphatic hydroxyl groups is 1. The lowest BCUT2D eigenvalue weighted by atomic mass is 9.49. The quantitative estimate of drug-likeness (QED) is 0.583. The zero-order valence-electron chi connectivity index (χ0n) is 18.3. The maximum Gasteiger partial charge on any atom is 0.513 e. The smallest absolute Gasteiger partial charge is 0.482 e. The Balaban J connectivity index is 1.63. The topological polar surface area (TPSA) is 68.2 Å². The number of benzene rings is 1. The molecule has 2 heterocycles. The van der Waals surface area contributed by atoms with Gasteiger partial charge < -0.3 is 24.2 Å². The SMILES string of the molecule is CCCC[C@]1(O)CC[C@H]2[C@H]3Cc4ccc(OC(=O)OCC)c5c4[C@@]2(CCN3C)[C@H]1O5. The molecule has 1 spiro atoms. The van der Waals surface area contributed by atoms with Crippen LogP contribution in [0.5, 0.6) is 11.5 Å². The molecule has 0 aromatic heterocycles. The number of rotatable bonds is 5. The van der Waals surface area contributed by atoms with Gasteiger partial charge in [0.1, 0.15) is 11.7 Å². The first-order valence-corrected chi connectivity index (χ1v) is 11.5. The molecule has 1 N–H and O–H groups in total. The van der Waals surface area contributed by atoms with Gasteiger partial charge in [0, 0.05) is 17.0 Å². The summed E-state index contributed by atoms with van der Waals surface area (Å²) in [5.41, 5.74) is 1.42. The van der Waals surface area contributed by atoms with Crippen LogP contribution in [-0.4, -0.2) is 54.1 Å². The van der Waals surface area contributed by atoms with Crippen LogP contribution in [0.25, 0.3) is 0 Å². The van der Waals surface area contributed by atoms with Crippen LogP contribution in [0.2, 0.25) is 0 Å². The highest BCUT2D eigenvalue weighted by molar-refractivity contribution is 5.69. The summed E-state index contributed by atoms with van der Waals surface area (Å²) < 4.78 is 17.2. The van der Waals surface area contributed by atoms with Crippen LogP contribution in [0, 0.1) is 5.92 Å². The molecule has 5 atom stereocenters. The minimum atomic E-state index is -0.845. The molecule has 6 heteroatoms. The van der Waals surface area contributed by atoms with Crippen LogP contribution in [0.1, 0.15) is 63.5 Å². The number of unbranched alkanes of at least 4 members (excludes halogenated alkanes) is 1. The number of carbonyl (C=O) groups is 1. The van der Waals surface area contributed by atoms with Crippen molar-refractivity contribution in [3.8, 4) is 11.5 Å². The molecule has 1 aromatic carbocycles. The molecule has 2 bridgehead atoms. The van der Waals surface area contributed by atoms with E-state index in [1.807, 2.05) is 6.07 Å². The molecule has 0 radical (unpaired) electrons. The van der Waals surface area contributed by atoms with E-state index < -0.39 is 11.8 Å². The lowest BCUT2D eigenvalue weighted by Crippen LogP contribution is -2.69. The summed E-state index contributed by atoms with van der Waals surface area (Å²) in [7, 11) is 2.23. The fourth-order valence-corrected chi connectivity index (χ4v) is 6.91. The average molecular weight is 416 g/mol. The van der Waals surface area contributed by atoms with Crippen molar-refractivity contribution in [2.45, 2.75) is 82.0 Å². The van der Waals surface area contributed by atoms with Gasteiger partial charge in [-0.1, -0.05) is 25.8 Å². The Morgan fingerprint density at radius 2 is 2.17 bits per heavy atom. The molecule has 1 saturated carbocycles. The molecule has 4 aliphatic rings. The van der Waals surface area contributed by atoms with Gasteiger partial charge in [-0.25, -0.2) is 4.79 Å². The Kier molecular flexibility index (Phi) is 4.78. The first kappa shape index (κ1) is 20.1. The van der Waals surface area contributed by atoms with Crippen LogP contribution in [0.3, 0.4) is 0 Å². The summed E-state index contributed by atoms with van der Waals surface area (Å²) >= 11 is 0. The van der Waals surface area contributed by atoms with E-state index in [-0.39, 0.29) is 18.1 Å². The lowest BCUT2D eigenvalue weighted by Gasteiger charge is -2.61. The zero-order valence-corrected chi connectivity index (χ0v) is 18.3. The number of carbonyl (C=O) groups excluding carboxylic acids is 1. The zero-order chi connectivity index (χ0) is 21.1. The second-order valence-corrected chi connectivity index (χ2v) is 9.60. The Labute approximate surface area is 178 Å². The predicted octanol–water partition coefficient (Wildman–Crippen LogP) is 3.81. The summed E-state index contributed by atoms with van der Waals surface area (Å²) in [5, 5.41) is 11.8. The summed E-state index contributed by atoms with van der Waals surface area (Å²) in [5.74, 6) is 1.54. The van der Waals surface area contributed by atoms with E-state index in [1.54, 1.807) is 6.92 Å². The second kappa shape index (κ2) is 7.13. The summed E-state index contributed by atoms with van der Waals surface area (Å²) in [6, 6.07) is 4.39. The van der Waals surface area contributed by atoms with Crippen molar-refractivity contribution in [2.24, 2.45) is 5.92 Å². The monoisotopic (exact) mass is 415 g/mol.